The van der Waals surface area contributed by atoms with Crippen LogP contribution in [0.3, 0.4) is 0 Å². The number of carbonyl (C=O) groups is 1. The van der Waals surface area contributed by atoms with Crippen molar-refractivity contribution in [1.29, 1.82) is 0 Å². The van der Waals surface area contributed by atoms with Gasteiger partial charge in [0.05, 0.1) is 19.6 Å². The lowest BCUT2D eigenvalue weighted by Gasteiger charge is -2.29. The van der Waals surface area contributed by atoms with Crippen molar-refractivity contribution in [3.05, 3.63) is 59.7 Å². The molecule has 1 amide bonds. The van der Waals surface area contributed by atoms with Gasteiger partial charge in [-0.2, -0.15) is 0 Å². The molecule has 23 heavy (non-hydrogen) atoms. The lowest BCUT2D eigenvalue weighted by Crippen LogP contribution is -2.36. The van der Waals surface area contributed by atoms with Gasteiger partial charge < -0.3 is 15.0 Å². The maximum absolute atomic E-state index is 12.2. The SMILES string of the molecule is Cc1cccc(CC(=O)Nc2cccc(N3CCOCC3)c2)c1. The lowest BCUT2D eigenvalue weighted by molar-refractivity contribution is -0.115. The maximum atomic E-state index is 12.2. The maximum Gasteiger partial charge on any atom is 0.228 e. The number of amides is 1. The molecule has 4 nitrogen and oxygen atoms in total. The van der Waals surface area contributed by atoms with Crippen LogP contribution in [0.5, 0.6) is 0 Å². The van der Waals surface area contributed by atoms with E-state index in [0.717, 1.165) is 43.2 Å². The molecular formula is C19H22N2O2. The monoisotopic (exact) mass is 310 g/mol. The van der Waals surface area contributed by atoms with Crippen LogP contribution in [0.4, 0.5) is 11.4 Å². The van der Waals surface area contributed by atoms with Gasteiger partial charge in [-0.1, -0.05) is 35.9 Å². The first-order valence-electron chi connectivity index (χ1n) is 7.99. The first-order chi connectivity index (χ1) is 11.2. The summed E-state index contributed by atoms with van der Waals surface area (Å²) in [7, 11) is 0. The summed E-state index contributed by atoms with van der Waals surface area (Å²) in [6.45, 7) is 5.32. The molecule has 0 radical (unpaired) electrons. The Hall–Kier alpha value is -2.33. The predicted octanol–water partition coefficient (Wildman–Crippen LogP) is 3.01. The van der Waals surface area contributed by atoms with E-state index in [9.17, 15) is 4.79 Å². The van der Waals surface area contributed by atoms with Crippen LogP contribution >= 0.6 is 0 Å². The fourth-order valence-corrected chi connectivity index (χ4v) is 2.81. The van der Waals surface area contributed by atoms with Crippen molar-refractivity contribution in [2.75, 3.05) is 36.5 Å². The Balaban J connectivity index is 1.64. The van der Waals surface area contributed by atoms with E-state index >= 15 is 0 Å². The van der Waals surface area contributed by atoms with Gasteiger partial charge in [-0.25, -0.2) is 0 Å². The lowest BCUT2D eigenvalue weighted by atomic mass is 10.1. The predicted molar refractivity (Wildman–Crippen MR) is 93.0 cm³/mol. The van der Waals surface area contributed by atoms with Crippen LogP contribution in [0.25, 0.3) is 0 Å². The minimum atomic E-state index is 0.00901. The van der Waals surface area contributed by atoms with Crippen LogP contribution in [0.2, 0.25) is 0 Å². The van der Waals surface area contributed by atoms with Gasteiger partial charge in [0.2, 0.25) is 5.91 Å². The standard InChI is InChI=1S/C19H22N2O2/c1-15-4-2-5-16(12-15)13-19(22)20-17-6-3-7-18(14-17)21-8-10-23-11-9-21/h2-7,12,14H,8-11,13H2,1H3,(H,20,22). The zero-order chi connectivity index (χ0) is 16.1. The summed E-state index contributed by atoms with van der Waals surface area (Å²) in [4.78, 5) is 14.5. The number of aryl methyl sites for hydroxylation is 1. The molecular weight excluding hydrogens is 288 g/mol. The molecule has 2 aromatic rings. The summed E-state index contributed by atoms with van der Waals surface area (Å²) in [5.74, 6) is 0.00901. The van der Waals surface area contributed by atoms with Gasteiger partial charge in [0, 0.05) is 24.5 Å². The van der Waals surface area contributed by atoms with E-state index in [1.54, 1.807) is 0 Å². The van der Waals surface area contributed by atoms with E-state index in [2.05, 4.69) is 16.3 Å². The van der Waals surface area contributed by atoms with Crippen molar-refractivity contribution in [3.63, 3.8) is 0 Å². The average Bonchev–Trinajstić information content (AvgIpc) is 2.56. The van der Waals surface area contributed by atoms with E-state index in [1.807, 2.05) is 49.4 Å². The summed E-state index contributed by atoms with van der Waals surface area (Å²) >= 11 is 0. The van der Waals surface area contributed by atoms with Gasteiger partial charge in [0.25, 0.3) is 0 Å². The average molecular weight is 310 g/mol. The molecule has 0 aromatic heterocycles. The number of morpholine rings is 1. The second-order valence-electron chi connectivity index (χ2n) is 5.86. The minimum Gasteiger partial charge on any atom is -0.378 e. The molecule has 1 aliphatic heterocycles. The molecule has 0 spiro atoms. The Morgan fingerprint density at radius 3 is 2.70 bits per heavy atom. The Kier molecular flexibility index (Phi) is 4.93. The first kappa shape index (κ1) is 15.6. The highest BCUT2D eigenvalue weighted by Crippen LogP contribution is 2.20. The Morgan fingerprint density at radius 2 is 1.91 bits per heavy atom. The fourth-order valence-electron chi connectivity index (χ4n) is 2.81. The molecule has 0 saturated carbocycles. The van der Waals surface area contributed by atoms with Crippen LogP contribution in [-0.2, 0) is 16.0 Å². The summed E-state index contributed by atoms with van der Waals surface area (Å²) in [5, 5.41) is 2.99. The summed E-state index contributed by atoms with van der Waals surface area (Å²) in [5.41, 5.74) is 4.17. The molecule has 120 valence electrons. The highest BCUT2D eigenvalue weighted by molar-refractivity contribution is 5.92. The molecule has 3 rings (SSSR count). The van der Waals surface area contributed by atoms with Crippen molar-refractivity contribution in [2.45, 2.75) is 13.3 Å². The van der Waals surface area contributed by atoms with Gasteiger partial charge >= 0.3 is 0 Å². The fraction of sp³-hybridized carbons (Fsp3) is 0.316. The van der Waals surface area contributed by atoms with Gasteiger partial charge in [0.1, 0.15) is 0 Å². The summed E-state index contributed by atoms with van der Waals surface area (Å²) in [6, 6.07) is 16.1. The largest absolute Gasteiger partial charge is 0.378 e. The van der Waals surface area contributed by atoms with Crippen molar-refractivity contribution in [2.24, 2.45) is 0 Å². The molecule has 0 bridgehead atoms. The molecule has 2 aromatic carbocycles. The van der Waals surface area contributed by atoms with E-state index in [-0.39, 0.29) is 5.91 Å². The van der Waals surface area contributed by atoms with Crippen molar-refractivity contribution in [1.82, 2.24) is 0 Å². The molecule has 1 heterocycles. The van der Waals surface area contributed by atoms with Crippen LogP contribution < -0.4 is 10.2 Å². The minimum absolute atomic E-state index is 0.00901. The Morgan fingerprint density at radius 1 is 1.13 bits per heavy atom. The molecule has 1 saturated heterocycles. The number of hydrogen-bond acceptors (Lipinski definition) is 3. The molecule has 1 N–H and O–H groups in total. The number of rotatable bonds is 4. The highest BCUT2D eigenvalue weighted by atomic mass is 16.5. The number of carbonyl (C=O) groups excluding carboxylic acids is 1. The van der Waals surface area contributed by atoms with E-state index in [0.29, 0.717) is 6.42 Å². The van der Waals surface area contributed by atoms with Gasteiger partial charge in [-0.15, -0.1) is 0 Å². The quantitative estimate of drug-likeness (QED) is 0.944. The van der Waals surface area contributed by atoms with Gasteiger partial charge in [0.15, 0.2) is 0 Å². The summed E-state index contributed by atoms with van der Waals surface area (Å²) < 4.78 is 5.38. The van der Waals surface area contributed by atoms with Crippen LogP contribution in [0.15, 0.2) is 48.5 Å². The third-order valence-electron chi connectivity index (χ3n) is 3.95. The normalized spacial score (nSPS) is 14.6. The number of anilines is 2. The molecule has 4 heteroatoms. The summed E-state index contributed by atoms with van der Waals surface area (Å²) in [6.07, 6.45) is 0.392. The van der Waals surface area contributed by atoms with E-state index in [1.165, 1.54) is 5.56 Å². The molecule has 0 aliphatic carbocycles. The molecule has 0 atom stereocenters. The number of nitrogens with zero attached hydrogens (tertiary/aromatic N) is 1. The van der Waals surface area contributed by atoms with Crippen molar-refractivity contribution in [3.8, 4) is 0 Å². The zero-order valence-electron chi connectivity index (χ0n) is 13.4. The van der Waals surface area contributed by atoms with E-state index < -0.39 is 0 Å². The number of hydrogen-bond donors (Lipinski definition) is 1. The Labute approximate surface area is 137 Å². The topological polar surface area (TPSA) is 41.6 Å². The van der Waals surface area contributed by atoms with Crippen LogP contribution in [0.1, 0.15) is 11.1 Å². The van der Waals surface area contributed by atoms with Crippen LogP contribution in [0, 0.1) is 6.92 Å². The smallest absolute Gasteiger partial charge is 0.228 e. The third-order valence-corrected chi connectivity index (χ3v) is 3.95. The van der Waals surface area contributed by atoms with Crippen molar-refractivity contribution < 1.29 is 9.53 Å². The number of benzene rings is 2. The molecule has 0 unspecified atom stereocenters. The molecule has 1 fully saturated rings. The first-order valence-corrected chi connectivity index (χ1v) is 7.99. The van der Waals surface area contributed by atoms with Crippen LogP contribution in [-0.4, -0.2) is 32.2 Å². The zero-order valence-corrected chi connectivity index (χ0v) is 13.4. The number of ether oxygens (including phenoxy) is 1. The molecule has 1 aliphatic rings. The van der Waals surface area contributed by atoms with Crippen molar-refractivity contribution >= 4 is 17.3 Å². The second-order valence-corrected chi connectivity index (χ2v) is 5.86. The highest BCUT2D eigenvalue weighted by Gasteiger charge is 2.12. The Bertz CT molecular complexity index is 679. The second kappa shape index (κ2) is 7.29. The number of nitrogens with one attached hydrogen (secondary N) is 1. The van der Waals surface area contributed by atoms with Gasteiger partial charge in [-0.3, -0.25) is 4.79 Å². The van der Waals surface area contributed by atoms with Gasteiger partial charge in [-0.05, 0) is 30.7 Å². The van der Waals surface area contributed by atoms with E-state index in [4.69, 9.17) is 4.74 Å². The third kappa shape index (κ3) is 4.33.